The van der Waals surface area contributed by atoms with Gasteiger partial charge in [-0.2, -0.15) is 4.31 Å². The van der Waals surface area contributed by atoms with Crippen LogP contribution in [0.15, 0.2) is 72.1 Å². The second kappa shape index (κ2) is 10.3. The molecule has 0 atom stereocenters. The number of carbonyl (C=O) groups is 2. The Morgan fingerprint density at radius 3 is 2.11 bits per heavy atom. The number of rotatable bonds is 8. The smallest absolute Gasteiger partial charge is 0.251 e. The Morgan fingerprint density at radius 1 is 1.00 bits per heavy atom. The summed E-state index contributed by atoms with van der Waals surface area (Å²) in [5.41, 5.74) is 0.0501. The molecule has 2 N–H and O–H groups in total. The quantitative estimate of drug-likeness (QED) is 0.544. The van der Waals surface area contributed by atoms with Gasteiger partial charge in [0.15, 0.2) is 0 Å². The molecule has 1 heterocycles. The predicted molar refractivity (Wildman–Crippen MR) is 137 cm³/mol. The number of amides is 2. The molecule has 3 rings (SSSR count). The van der Waals surface area contributed by atoms with E-state index in [1.54, 1.807) is 16.4 Å². The van der Waals surface area contributed by atoms with Crippen LogP contribution in [0, 0.1) is 0 Å². The Hall–Kier alpha value is -2.97. The molecule has 35 heavy (non-hydrogen) atoms. The molecule has 0 radical (unpaired) electrons. The fourth-order valence-electron chi connectivity index (χ4n) is 5.23. The van der Waals surface area contributed by atoms with E-state index in [4.69, 9.17) is 0 Å². The van der Waals surface area contributed by atoms with Crippen molar-refractivity contribution in [1.29, 1.82) is 0 Å². The van der Waals surface area contributed by atoms with Gasteiger partial charge in [0.1, 0.15) is 0 Å². The highest BCUT2D eigenvalue weighted by molar-refractivity contribution is 7.89. The molecule has 0 unspecified atom stereocenters. The fraction of sp³-hybridized carbons (Fsp3) is 0.407. The number of nitrogens with zero attached hydrogens (tertiary/aromatic N) is 1. The molecule has 0 saturated carbocycles. The van der Waals surface area contributed by atoms with Crippen molar-refractivity contribution in [1.82, 2.24) is 14.9 Å². The van der Waals surface area contributed by atoms with Gasteiger partial charge in [0.05, 0.1) is 4.90 Å². The Balaban J connectivity index is 1.73. The third kappa shape index (κ3) is 6.18. The van der Waals surface area contributed by atoms with Gasteiger partial charge >= 0.3 is 0 Å². The molecule has 1 aliphatic rings. The summed E-state index contributed by atoms with van der Waals surface area (Å²) in [6, 6.07) is 15.8. The van der Waals surface area contributed by atoms with Crippen molar-refractivity contribution in [2.75, 3.05) is 6.54 Å². The average Bonchev–Trinajstić information content (AvgIpc) is 2.77. The van der Waals surface area contributed by atoms with Gasteiger partial charge in [-0.25, -0.2) is 8.42 Å². The minimum absolute atomic E-state index is 0.132. The molecule has 7 nitrogen and oxygen atoms in total. The monoisotopic (exact) mass is 497 g/mol. The first kappa shape index (κ1) is 26.6. The van der Waals surface area contributed by atoms with Crippen molar-refractivity contribution in [2.45, 2.75) is 69.0 Å². The highest BCUT2D eigenvalue weighted by atomic mass is 32.2. The molecule has 1 saturated heterocycles. The number of hydrogen-bond donors (Lipinski definition) is 2. The van der Waals surface area contributed by atoms with Crippen molar-refractivity contribution >= 4 is 21.8 Å². The van der Waals surface area contributed by atoms with Crippen molar-refractivity contribution in [2.24, 2.45) is 0 Å². The van der Waals surface area contributed by atoms with E-state index >= 15 is 0 Å². The predicted octanol–water partition coefficient (Wildman–Crippen LogP) is 3.67. The maximum absolute atomic E-state index is 13.7. The van der Waals surface area contributed by atoms with Crippen LogP contribution in [0.4, 0.5) is 0 Å². The molecule has 0 aliphatic carbocycles. The van der Waals surface area contributed by atoms with Crippen LogP contribution in [0.5, 0.6) is 0 Å². The van der Waals surface area contributed by atoms with Crippen LogP contribution in [-0.4, -0.2) is 48.2 Å². The average molecular weight is 498 g/mol. The number of hydrogen-bond acceptors (Lipinski definition) is 4. The SMILES string of the molecule is C=CC(=O)NC1CC(C)(C)N(S(=O)(=O)c2ccc(C(=O)NCCc3ccccc3)cc2)C(C)(C)C1. The van der Waals surface area contributed by atoms with Crippen molar-refractivity contribution in [3.05, 3.63) is 78.4 Å². The zero-order chi connectivity index (χ0) is 25.9. The first-order valence-corrected chi connectivity index (χ1v) is 13.2. The van der Waals surface area contributed by atoms with Crippen molar-refractivity contribution < 1.29 is 18.0 Å². The van der Waals surface area contributed by atoms with Gasteiger partial charge < -0.3 is 10.6 Å². The van der Waals surface area contributed by atoms with E-state index in [1.807, 2.05) is 58.0 Å². The van der Waals surface area contributed by atoms with Gasteiger partial charge in [0.2, 0.25) is 15.9 Å². The lowest BCUT2D eigenvalue weighted by atomic mass is 9.79. The number of carbonyl (C=O) groups excluding carboxylic acids is 2. The van der Waals surface area contributed by atoms with Crippen LogP contribution in [0.25, 0.3) is 0 Å². The lowest BCUT2D eigenvalue weighted by molar-refractivity contribution is -0.118. The van der Waals surface area contributed by atoms with Gasteiger partial charge in [0, 0.05) is 29.2 Å². The van der Waals surface area contributed by atoms with Crippen LogP contribution < -0.4 is 10.6 Å². The minimum Gasteiger partial charge on any atom is -0.352 e. The third-order valence-electron chi connectivity index (χ3n) is 6.32. The topological polar surface area (TPSA) is 95.6 Å². The molecule has 2 amide bonds. The van der Waals surface area contributed by atoms with Crippen LogP contribution in [0.1, 0.15) is 56.5 Å². The highest BCUT2D eigenvalue weighted by Crippen LogP contribution is 2.42. The maximum Gasteiger partial charge on any atom is 0.251 e. The molecule has 0 bridgehead atoms. The van der Waals surface area contributed by atoms with Gasteiger partial charge in [-0.15, -0.1) is 0 Å². The maximum atomic E-state index is 13.7. The number of benzene rings is 2. The first-order valence-electron chi connectivity index (χ1n) is 11.8. The summed E-state index contributed by atoms with van der Waals surface area (Å²) >= 11 is 0. The Bertz CT molecular complexity index is 1150. The zero-order valence-electron chi connectivity index (χ0n) is 20.9. The van der Waals surface area contributed by atoms with Crippen molar-refractivity contribution in [3.8, 4) is 0 Å². The number of sulfonamides is 1. The van der Waals surface area contributed by atoms with Crippen LogP contribution in [-0.2, 0) is 21.2 Å². The Morgan fingerprint density at radius 2 is 1.57 bits per heavy atom. The summed E-state index contributed by atoms with van der Waals surface area (Å²) in [5, 5.41) is 5.80. The third-order valence-corrected chi connectivity index (χ3v) is 8.66. The minimum atomic E-state index is -3.86. The largest absolute Gasteiger partial charge is 0.352 e. The van der Waals surface area contributed by atoms with E-state index in [2.05, 4.69) is 17.2 Å². The highest BCUT2D eigenvalue weighted by Gasteiger charge is 2.51. The summed E-state index contributed by atoms with van der Waals surface area (Å²) in [4.78, 5) is 24.5. The summed E-state index contributed by atoms with van der Waals surface area (Å²) in [7, 11) is -3.86. The van der Waals surface area contributed by atoms with E-state index in [0.717, 1.165) is 5.56 Å². The van der Waals surface area contributed by atoms with Crippen LogP contribution in [0.2, 0.25) is 0 Å². The lowest BCUT2D eigenvalue weighted by Crippen LogP contribution is -2.65. The number of nitrogens with one attached hydrogen (secondary N) is 2. The fourth-order valence-corrected chi connectivity index (χ4v) is 7.37. The molecular formula is C27H35N3O4S. The number of piperidine rings is 1. The molecule has 188 valence electrons. The first-order chi connectivity index (χ1) is 16.4. The van der Waals surface area contributed by atoms with E-state index in [1.165, 1.54) is 18.2 Å². The zero-order valence-corrected chi connectivity index (χ0v) is 21.7. The van der Waals surface area contributed by atoms with Gasteiger partial charge in [-0.05, 0) is 82.9 Å². The van der Waals surface area contributed by atoms with Gasteiger partial charge in [-0.1, -0.05) is 36.9 Å². The second-order valence-corrected chi connectivity index (χ2v) is 12.0. The van der Waals surface area contributed by atoms with E-state index in [-0.39, 0.29) is 22.8 Å². The summed E-state index contributed by atoms with van der Waals surface area (Å²) in [5.74, 6) is -0.514. The molecule has 0 aromatic heterocycles. The van der Waals surface area contributed by atoms with Crippen LogP contribution in [0.3, 0.4) is 0 Å². The standard InChI is InChI=1S/C27H35N3O4S/c1-6-24(31)29-22-18-26(2,3)30(27(4,5)19-22)35(33,34)23-14-12-21(13-15-23)25(32)28-17-16-20-10-8-7-9-11-20/h6-15,22H,1,16-19H2,2-5H3,(H,28,32)(H,29,31). The molecule has 0 spiro atoms. The second-order valence-electron chi connectivity index (χ2n) is 10.2. The van der Waals surface area contributed by atoms with E-state index < -0.39 is 21.1 Å². The summed E-state index contributed by atoms with van der Waals surface area (Å²) in [6.07, 6.45) is 2.88. The molecule has 1 aliphatic heterocycles. The Kier molecular flexibility index (Phi) is 7.87. The lowest BCUT2D eigenvalue weighted by Gasteiger charge is -2.53. The summed E-state index contributed by atoms with van der Waals surface area (Å²) in [6.45, 7) is 11.5. The van der Waals surface area contributed by atoms with Gasteiger partial charge in [0.25, 0.3) is 5.91 Å². The normalized spacial score (nSPS) is 17.9. The molecule has 2 aromatic carbocycles. The van der Waals surface area contributed by atoms with Gasteiger partial charge in [-0.3, -0.25) is 9.59 Å². The molecule has 1 fully saturated rings. The van der Waals surface area contributed by atoms with Crippen molar-refractivity contribution in [3.63, 3.8) is 0 Å². The van der Waals surface area contributed by atoms with Crippen LogP contribution >= 0.6 is 0 Å². The Labute approximate surface area is 208 Å². The van der Waals surface area contributed by atoms with E-state index in [0.29, 0.717) is 31.4 Å². The molecular weight excluding hydrogens is 462 g/mol. The summed E-state index contributed by atoms with van der Waals surface area (Å²) < 4.78 is 29.0. The molecule has 8 heteroatoms. The molecule has 2 aromatic rings. The van der Waals surface area contributed by atoms with E-state index in [9.17, 15) is 18.0 Å².